The molecule has 12 aromatic rings. The number of nitrogens with zero attached hydrogens (tertiary/aromatic N) is 3. The van der Waals surface area contributed by atoms with E-state index in [4.69, 9.17) is 4.74 Å². The van der Waals surface area contributed by atoms with Crippen molar-refractivity contribution in [2.75, 3.05) is 16.0 Å². The maximum Gasteiger partial charge on any atom is 0.167 e. The fourth-order valence-electron chi connectivity index (χ4n) is 13.0. The Kier molecular flexibility index (Phi) is 15.7. The van der Waals surface area contributed by atoms with Crippen molar-refractivity contribution in [3.05, 3.63) is 247 Å². The van der Waals surface area contributed by atoms with Crippen molar-refractivity contribution in [2.45, 2.75) is 80.1 Å². The largest absolute Gasteiger partial charge is 0.455 e. The molecule has 0 bridgehead atoms. The molecule has 0 saturated heterocycles. The molecule has 0 saturated carbocycles. The summed E-state index contributed by atoms with van der Waals surface area (Å²) in [6.45, 7) is 12.9. The van der Waals surface area contributed by atoms with Crippen LogP contribution in [0.15, 0.2) is 213 Å². The van der Waals surface area contributed by atoms with Gasteiger partial charge >= 0.3 is 0 Å². The first-order valence-corrected chi connectivity index (χ1v) is 30.7. The van der Waals surface area contributed by atoms with Crippen molar-refractivity contribution < 1.29 is 19.1 Å². The molecule has 0 amide bonds. The Hall–Kier alpha value is -10.7. The van der Waals surface area contributed by atoms with E-state index in [9.17, 15) is 14.4 Å². The number of para-hydroxylation sites is 3. The maximum atomic E-state index is 13.2. The van der Waals surface area contributed by atoms with Crippen molar-refractivity contribution in [1.29, 1.82) is 0 Å². The highest BCUT2D eigenvalue weighted by Gasteiger charge is 2.39. The monoisotopic (exact) mass is 1190 g/mol. The molecule has 6 N–H and O–H groups in total. The van der Waals surface area contributed by atoms with Gasteiger partial charge in [-0.15, -0.1) is 0 Å². The second kappa shape index (κ2) is 24.1. The van der Waals surface area contributed by atoms with Gasteiger partial charge < -0.3 is 35.6 Å². The molecule has 0 spiro atoms. The maximum absolute atomic E-state index is 13.2. The van der Waals surface area contributed by atoms with Crippen molar-refractivity contribution in [3.8, 4) is 45.3 Å². The summed E-state index contributed by atoms with van der Waals surface area (Å²) < 4.78 is 6.14. The van der Waals surface area contributed by atoms with E-state index in [-0.39, 0.29) is 33.6 Å². The van der Waals surface area contributed by atoms with Gasteiger partial charge in [-0.2, -0.15) is 0 Å². The number of ether oxygens (including phenoxy) is 1. The molecule has 3 aliphatic carbocycles. The number of carbonyl (C=O) groups excluding carboxylic acids is 3. The molecule has 0 unspecified atom stereocenters. The lowest BCUT2D eigenvalue weighted by Crippen LogP contribution is -2.26. The average Bonchev–Trinajstić information content (AvgIpc) is 1.64. The molecule has 13 nitrogen and oxygen atoms in total. The number of pyridine rings is 3. The van der Waals surface area contributed by atoms with Crippen molar-refractivity contribution in [1.82, 2.24) is 29.9 Å². The number of H-pyrrole nitrogens is 3. The highest BCUT2D eigenvalue weighted by molar-refractivity contribution is 6.11. The molecule has 90 heavy (non-hydrogen) atoms. The van der Waals surface area contributed by atoms with Gasteiger partial charge in [0.1, 0.15) is 5.75 Å². The SMILES string of the molecule is CC1(C)CC(=O)c2c([nH]c(-c3ccncc3)c2Nc2ccc3ccccc3c2)C1.CC1(C)CC(=O)c2c([nH]c(-c3ccncc3)c2Nc2cccc3ccccc23)C1.CC1(C)CC(=O)c2c([nH]c(-c3ccncc3)c2Nc2ccccc2Oc2ccccc2)C1. The number of hydrogen-bond acceptors (Lipinski definition) is 10. The number of aromatic amines is 3. The number of carbonyl (C=O) groups is 3. The molecule has 13 heteroatoms. The summed E-state index contributed by atoms with van der Waals surface area (Å²) in [7, 11) is 0. The lowest BCUT2D eigenvalue weighted by Gasteiger charge is -2.28. The van der Waals surface area contributed by atoms with E-state index in [0.717, 1.165) is 132 Å². The quantitative estimate of drug-likeness (QED) is 0.0729. The number of hydrogen-bond donors (Lipinski definition) is 6. The Morgan fingerprint density at radius 2 is 0.778 bits per heavy atom. The summed E-state index contributed by atoms with van der Waals surface area (Å²) in [6, 6.07) is 58.3. The van der Waals surface area contributed by atoms with Gasteiger partial charge in [0, 0.05) is 107 Å². The van der Waals surface area contributed by atoms with E-state index >= 15 is 0 Å². The number of nitrogens with one attached hydrogen (secondary N) is 6. The highest BCUT2D eigenvalue weighted by Crippen LogP contribution is 2.48. The summed E-state index contributed by atoms with van der Waals surface area (Å²) in [5.41, 5.74) is 16.2. The molecule has 448 valence electrons. The second-order valence-corrected chi connectivity index (χ2v) is 26.1. The van der Waals surface area contributed by atoms with E-state index in [2.05, 4.69) is 142 Å². The zero-order valence-electron chi connectivity index (χ0n) is 51.4. The van der Waals surface area contributed by atoms with Gasteiger partial charge in [-0.25, -0.2) is 0 Å². The number of benzene rings is 6. The van der Waals surface area contributed by atoms with Crippen LogP contribution in [0.3, 0.4) is 0 Å². The zero-order chi connectivity index (χ0) is 62.2. The molecular formula is C77H71N9O4. The summed E-state index contributed by atoms with van der Waals surface area (Å²) in [6.07, 6.45) is 14.8. The number of anilines is 6. The van der Waals surface area contributed by atoms with Crippen LogP contribution in [0.25, 0.3) is 55.3 Å². The predicted molar refractivity (Wildman–Crippen MR) is 362 cm³/mol. The number of aromatic nitrogens is 6. The number of ketones is 3. The fraction of sp³-hybridized carbons (Fsp3) is 0.195. The Labute approximate surface area is 523 Å². The second-order valence-electron chi connectivity index (χ2n) is 26.1. The van der Waals surface area contributed by atoms with Gasteiger partial charge in [0.05, 0.1) is 56.5 Å². The lowest BCUT2D eigenvalue weighted by atomic mass is 9.76. The van der Waals surface area contributed by atoms with Crippen molar-refractivity contribution in [3.63, 3.8) is 0 Å². The highest BCUT2D eigenvalue weighted by atomic mass is 16.5. The van der Waals surface area contributed by atoms with Gasteiger partial charge in [-0.05, 0) is 131 Å². The normalized spacial score (nSPS) is 15.1. The van der Waals surface area contributed by atoms with Crippen LogP contribution in [0, 0.1) is 16.2 Å². The van der Waals surface area contributed by atoms with Gasteiger partial charge in [-0.1, -0.05) is 139 Å². The lowest BCUT2D eigenvalue weighted by molar-refractivity contribution is 0.0903. The predicted octanol–water partition coefficient (Wildman–Crippen LogP) is 19.0. The molecular weight excluding hydrogens is 1110 g/mol. The van der Waals surface area contributed by atoms with E-state index in [1.54, 1.807) is 37.2 Å². The third-order valence-electron chi connectivity index (χ3n) is 17.0. The molecule has 0 aliphatic heterocycles. The van der Waals surface area contributed by atoms with Crippen LogP contribution in [0.2, 0.25) is 0 Å². The minimum absolute atomic E-state index is 0.0370. The summed E-state index contributed by atoms with van der Waals surface area (Å²) in [5, 5.41) is 15.4. The Bertz CT molecular complexity index is 4630. The van der Waals surface area contributed by atoms with E-state index in [1.807, 2.05) is 121 Å². The molecule has 6 aromatic carbocycles. The zero-order valence-corrected chi connectivity index (χ0v) is 51.4. The van der Waals surface area contributed by atoms with E-state index in [0.29, 0.717) is 25.0 Å². The first kappa shape index (κ1) is 58.4. The third kappa shape index (κ3) is 12.3. The molecule has 0 radical (unpaired) electrons. The van der Waals surface area contributed by atoms with Crippen LogP contribution < -0.4 is 20.7 Å². The standard InChI is InChI=1S/C27H25N3O2.2C25H23N3O/c1-27(2)16-21-24(22(31)17-27)26(25(30-21)18-12-14-28-15-13-18)29-20-10-6-7-11-23(20)32-19-8-4-3-5-9-19;1-25(2)14-20-22(21(29)15-25)24(23(28-20)17-10-12-26-13-11-17)27-19-9-5-7-16-6-3-4-8-18(16)19;1-25(2)14-20-22(21(29)15-25)24(23(28-20)17-9-11-26-12-10-17)27-19-8-7-16-5-3-4-6-18(16)13-19/h3-15,29-30H,16-17H2,1-2H3;2*3-13,27-28H,14-15H2,1-2H3. The first-order chi connectivity index (χ1) is 43.5. The topological polar surface area (TPSA) is 183 Å². The Balaban J connectivity index is 0.000000124. The number of rotatable bonds is 11. The first-order valence-electron chi connectivity index (χ1n) is 30.7. The molecule has 6 aromatic heterocycles. The van der Waals surface area contributed by atoms with Gasteiger partial charge in [0.25, 0.3) is 0 Å². The van der Waals surface area contributed by atoms with Crippen LogP contribution in [0.4, 0.5) is 34.1 Å². The number of fused-ring (bicyclic) bond motifs is 5. The minimum atomic E-state index is -0.0734. The molecule has 3 aliphatic rings. The van der Waals surface area contributed by atoms with Gasteiger partial charge in [0.2, 0.25) is 0 Å². The molecule has 15 rings (SSSR count). The average molecular weight is 1190 g/mol. The van der Waals surface area contributed by atoms with Crippen LogP contribution in [0.1, 0.15) is 109 Å². The number of Topliss-reactive ketones (excluding diaryl/α,β-unsaturated/α-hetero) is 3. The van der Waals surface area contributed by atoms with Gasteiger partial charge in [-0.3, -0.25) is 29.3 Å². The Morgan fingerprint density at radius 1 is 0.378 bits per heavy atom. The minimum Gasteiger partial charge on any atom is -0.455 e. The van der Waals surface area contributed by atoms with Crippen LogP contribution >= 0.6 is 0 Å². The van der Waals surface area contributed by atoms with E-state index < -0.39 is 0 Å². The molecule has 0 atom stereocenters. The van der Waals surface area contributed by atoms with Crippen molar-refractivity contribution in [2.24, 2.45) is 16.2 Å². The van der Waals surface area contributed by atoms with Gasteiger partial charge in [0.15, 0.2) is 23.1 Å². The molecule has 0 fully saturated rings. The van der Waals surface area contributed by atoms with Crippen LogP contribution in [-0.4, -0.2) is 47.3 Å². The van der Waals surface area contributed by atoms with E-state index in [1.165, 1.54) is 16.2 Å². The summed E-state index contributed by atoms with van der Waals surface area (Å²) in [5.74, 6) is 1.98. The van der Waals surface area contributed by atoms with Crippen LogP contribution in [-0.2, 0) is 19.3 Å². The summed E-state index contributed by atoms with van der Waals surface area (Å²) in [4.78, 5) is 62.6. The molecule has 6 heterocycles. The smallest absolute Gasteiger partial charge is 0.167 e. The van der Waals surface area contributed by atoms with Crippen LogP contribution in [0.5, 0.6) is 11.5 Å². The Morgan fingerprint density at radius 3 is 1.29 bits per heavy atom. The third-order valence-corrected chi connectivity index (χ3v) is 17.0. The fourth-order valence-corrected chi connectivity index (χ4v) is 13.0. The summed E-state index contributed by atoms with van der Waals surface area (Å²) >= 11 is 0. The van der Waals surface area contributed by atoms with Crippen molar-refractivity contribution >= 4 is 73.0 Å².